The van der Waals surface area contributed by atoms with E-state index in [1.54, 1.807) is 13.1 Å². The van der Waals surface area contributed by atoms with Crippen molar-refractivity contribution in [2.45, 2.75) is 63.6 Å². The van der Waals surface area contributed by atoms with Crippen LogP contribution >= 0.6 is 0 Å². The van der Waals surface area contributed by atoms with Crippen LogP contribution in [0.2, 0.25) is 0 Å². The van der Waals surface area contributed by atoms with Gasteiger partial charge in [0, 0.05) is 31.5 Å². The molecule has 0 bridgehead atoms. The first-order valence-corrected chi connectivity index (χ1v) is 14.3. The number of rotatable bonds is 15. The lowest BCUT2D eigenvalue weighted by atomic mass is 9.92. The van der Waals surface area contributed by atoms with E-state index in [1.807, 2.05) is 0 Å². The molecule has 0 radical (unpaired) electrons. The summed E-state index contributed by atoms with van der Waals surface area (Å²) >= 11 is 0. The highest BCUT2D eigenvalue weighted by Gasteiger charge is 2.55. The van der Waals surface area contributed by atoms with Gasteiger partial charge in [0.25, 0.3) is 0 Å². The quantitative estimate of drug-likeness (QED) is 0.203. The number of nitrogens with one attached hydrogen (secondary N) is 4. The molecule has 7 heteroatoms. The third kappa shape index (κ3) is 6.40. The molecular formula is C32H45N5O2. The van der Waals surface area contributed by atoms with Crippen molar-refractivity contribution in [1.82, 2.24) is 26.2 Å². The monoisotopic (exact) mass is 531 g/mol. The van der Waals surface area contributed by atoms with Gasteiger partial charge in [0.2, 0.25) is 0 Å². The molecule has 1 saturated heterocycles. The minimum atomic E-state index is -0.390. The highest BCUT2D eigenvalue weighted by molar-refractivity contribution is 5.98. The van der Waals surface area contributed by atoms with Crippen molar-refractivity contribution >= 4 is 11.8 Å². The Morgan fingerprint density at radius 2 is 1.82 bits per heavy atom. The van der Waals surface area contributed by atoms with E-state index in [-0.39, 0.29) is 35.9 Å². The zero-order valence-electron chi connectivity index (χ0n) is 23.6. The van der Waals surface area contributed by atoms with Gasteiger partial charge < -0.3 is 26.2 Å². The fraction of sp³-hybridized carbons (Fsp3) is 0.500. The summed E-state index contributed by atoms with van der Waals surface area (Å²) in [7, 11) is 1.64. The second kappa shape index (κ2) is 12.6. The number of Topliss-reactive ketones (excluding diaryl/α,β-unsaturated/α-hetero) is 1. The molecule has 1 aromatic carbocycles. The second-order valence-electron chi connectivity index (χ2n) is 11.3. The maximum absolute atomic E-state index is 13.3. The lowest BCUT2D eigenvalue weighted by Crippen LogP contribution is -2.52. The Kier molecular flexibility index (Phi) is 9.20. The molecule has 2 amide bonds. The molecular weight excluding hydrogens is 486 g/mol. The Labute approximate surface area is 233 Å². The standard InChI is InChI=1S/C32H45N5O2/c1-7-9-14-28(31(38)21(4)34-15-8-2)35-20(3)30-27-18-26(27)19-37(30)22(5)29(36-32(39)33-6)25-16-23-12-10-11-13-24(23)17-25/h8,10-13,25-30,34-35H,2-5,7,9,14-19H2,1,6H3,(H2,33,36,39)/t26-,27-,28?,29?,30?/m0/s1. The number of likely N-dealkylation sites (tertiary alicyclic amines) is 1. The van der Waals surface area contributed by atoms with Gasteiger partial charge >= 0.3 is 6.03 Å². The van der Waals surface area contributed by atoms with Gasteiger partial charge in [0.05, 0.1) is 23.8 Å². The highest BCUT2D eigenvalue weighted by atomic mass is 16.2. The van der Waals surface area contributed by atoms with Gasteiger partial charge in [0.1, 0.15) is 0 Å². The number of piperidine rings is 1. The summed E-state index contributed by atoms with van der Waals surface area (Å²) in [4.78, 5) is 28.2. The van der Waals surface area contributed by atoms with Gasteiger partial charge in [-0.3, -0.25) is 4.79 Å². The van der Waals surface area contributed by atoms with Crippen LogP contribution in [-0.4, -0.2) is 55.0 Å². The van der Waals surface area contributed by atoms with Crippen molar-refractivity contribution in [3.8, 4) is 0 Å². The summed E-state index contributed by atoms with van der Waals surface area (Å²) in [5, 5.41) is 12.5. The van der Waals surface area contributed by atoms with E-state index in [9.17, 15) is 9.59 Å². The van der Waals surface area contributed by atoms with Gasteiger partial charge in [-0.05, 0) is 54.6 Å². The first-order chi connectivity index (χ1) is 18.8. The summed E-state index contributed by atoms with van der Waals surface area (Å²) in [6, 6.07) is 7.76. The van der Waals surface area contributed by atoms with E-state index in [2.05, 4.69) is 83.7 Å². The van der Waals surface area contributed by atoms with Crippen LogP contribution < -0.4 is 21.3 Å². The molecule has 210 valence electrons. The summed E-state index contributed by atoms with van der Waals surface area (Å²) in [5.74, 6) is 1.25. The number of benzene rings is 1. The first-order valence-electron chi connectivity index (χ1n) is 14.3. The molecule has 1 aliphatic heterocycles. The SMILES string of the molecule is C=CCNC(=C)C(=O)C(CCCC)NC(=C)C1[C@H]2C[C@H]2CN1C(=C)C(NC(=O)NC)C1Cc2ccccc2C1. The normalized spacial score (nSPS) is 22.6. The lowest BCUT2D eigenvalue weighted by molar-refractivity contribution is -0.117. The van der Waals surface area contributed by atoms with E-state index in [1.165, 1.54) is 11.1 Å². The van der Waals surface area contributed by atoms with Crippen LogP contribution in [0.1, 0.15) is 43.7 Å². The predicted molar refractivity (Wildman–Crippen MR) is 158 cm³/mol. The molecule has 5 atom stereocenters. The van der Waals surface area contributed by atoms with Crippen LogP contribution in [-0.2, 0) is 17.6 Å². The van der Waals surface area contributed by atoms with Crippen LogP contribution in [0.5, 0.6) is 0 Å². The molecule has 0 spiro atoms. The number of carbonyl (C=O) groups excluding carboxylic acids is 2. The number of fused-ring (bicyclic) bond motifs is 2. The maximum Gasteiger partial charge on any atom is 0.315 e. The van der Waals surface area contributed by atoms with E-state index >= 15 is 0 Å². The number of hydrogen-bond donors (Lipinski definition) is 4. The summed E-state index contributed by atoms with van der Waals surface area (Å²) in [5.41, 5.74) is 4.84. The lowest BCUT2D eigenvalue weighted by Gasteiger charge is -2.39. The molecule has 7 nitrogen and oxygen atoms in total. The van der Waals surface area contributed by atoms with Gasteiger partial charge in [-0.2, -0.15) is 0 Å². The van der Waals surface area contributed by atoms with E-state index in [0.717, 1.165) is 50.0 Å². The number of unbranched alkanes of at least 4 members (excludes halogenated alkanes) is 1. The smallest absolute Gasteiger partial charge is 0.315 e. The highest BCUT2D eigenvalue weighted by Crippen LogP contribution is 2.53. The largest absolute Gasteiger partial charge is 0.379 e. The van der Waals surface area contributed by atoms with Crippen molar-refractivity contribution in [1.29, 1.82) is 0 Å². The third-order valence-corrected chi connectivity index (χ3v) is 8.58. The minimum absolute atomic E-state index is 0.0339. The zero-order valence-corrected chi connectivity index (χ0v) is 23.6. The van der Waals surface area contributed by atoms with Crippen LogP contribution in [0.3, 0.4) is 0 Å². The molecule has 39 heavy (non-hydrogen) atoms. The number of nitrogens with zero attached hydrogens (tertiary/aromatic N) is 1. The van der Waals surface area contributed by atoms with Crippen LogP contribution in [0.4, 0.5) is 4.79 Å². The van der Waals surface area contributed by atoms with Gasteiger partial charge in [-0.15, -0.1) is 6.58 Å². The second-order valence-corrected chi connectivity index (χ2v) is 11.3. The predicted octanol–water partition coefficient (Wildman–Crippen LogP) is 4.05. The van der Waals surface area contributed by atoms with Crippen molar-refractivity contribution in [2.24, 2.45) is 17.8 Å². The molecule has 1 aromatic rings. The topological polar surface area (TPSA) is 85.5 Å². The Morgan fingerprint density at radius 1 is 1.13 bits per heavy atom. The fourth-order valence-electron chi connectivity index (χ4n) is 6.38. The molecule has 3 unspecified atom stereocenters. The van der Waals surface area contributed by atoms with Gasteiger partial charge in [-0.25, -0.2) is 4.79 Å². The fourth-order valence-corrected chi connectivity index (χ4v) is 6.38. The molecule has 4 rings (SSSR count). The molecule has 4 N–H and O–H groups in total. The number of amides is 2. The minimum Gasteiger partial charge on any atom is -0.379 e. The van der Waals surface area contributed by atoms with Crippen LogP contribution in [0, 0.1) is 17.8 Å². The molecule has 3 aliphatic rings. The average molecular weight is 532 g/mol. The zero-order chi connectivity index (χ0) is 28.1. The van der Waals surface area contributed by atoms with E-state index in [0.29, 0.717) is 30.5 Å². The van der Waals surface area contributed by atoms with Crippen molar-refractivity contribution in [2.75, 3.05) is 20.1 Å². The Balaban J connectivity index is 1.51. The molecule has 0 aromatic heterocycles. The maximum atomic E-state index is 13.3. The first kappa shape index (κ1) is 28.5. The van der Waals surface area contributed by atoms with Gasteiger partial charge in [-0.1, -0.05) is 69.8 Å². The van der Waals surface area contributed by atoms with Crippen molar-refractivity contribution < 1.29 is 9.59 Å². The summed E-state index contributed by atoms with van der Waals surface area (Å²) in [6.45, 7) is 20.2. The number of urea groups is 1. The van der Waals surface area contributed by atoms with Crippen molar-refractivity contribution in [3.63, 3.8) is 0 Å². The Bertz CT molecular complexity index is 1100. The number of hydrogen-bond acceptors (Lipinski definition) is 5. The Morgan fingerprint density at radius 3 is 2.44 bits per heavy atom. The molecule has 2 aliphatic carbocycles. The number of ketones is 1. The van der Waals surface area contributed by atoms with E-state index < -0.39 is 0 Å². The third-order valence-electron chi connectivity index (χ3n) is 8.58. The Hall–Kier alpha value is -3.48. The van der Waals surface area contributed by atoms with Gasteiger partial charge in [0.15, 0.2) is 5.78 Å². The number of carbonyl (C=O) groups is 2. The molecule has 1 saturated carbocycles. The van der Waals surface area contributed by atoms with Crippen LogP contribution in [0.15, 0.2) is 73.7 Å². The molecule has 2 fully saturated rings. The van der Waals surface area contributed by atoms with Crippen molar-refractivity contribution in [3.05, 3.63) is 84.9 Å². The molecule has 1 heterocycles. The average Bonchev–Trinajstić information content (AvgIpc) is 3.39. The van der Waals surface area contributed by atoms with E-state index in [4.69, 9.17) is 0 Å². The van der Waals surface area contributed by atoms with Crippen LogP contribution in [0.25, 0.3) is 0 Å². The summed E-state index contributed by atoms with van der Waals surface area (Å²) in [6.07, 6.45) is 7.32. The summed E-state index contributed by atoms with van der Waals surface area (Å²) < 4.78 is 0.